The first kappa shape index (κ1) is 22.7. The molecule has 0 radical (unpaired) electrons. The lowest BCUT2D eigenvalue weighted by Crippen LogP contribution is -1.95. The van der Waals surface area contributed by atoms with E-state index in [9.17, 15) is 22.0 Å². The Morgan fingerprint density at radius 1 is 0.742 bits per heavy atom. The van der Waals surface area contributed by atoms with E-state index in [1.54, 1.807) is 6.07 Å². The zero-order valence-electron chi connectivity index (χ0n) is 17.4. The lowest BCUT2D eigenvalue weighted by Gasteiger charge is -2.12. The normalized spacial score (nSPS) is 12.1. The van der Waals surface area contributed by atoms with Crippen LogP contribution in [0.1, 0.15) is 48.9 Å². The third-order valence-corrected chi connectivity index (χ3v) is 5.25. The van der Waals surface area contributed by atoms with Crippen LogP contribution in [0.15, 0.2) is 54.6 Å². The molecule has 0 saturated carbocycles. The summed E-state index contributed by atoms with van der Waals surface area (Å²) in [5.74, 6) is -7.60. The van der Waals surface area contributed by atoms with E-state index in [1.807, 2.05) is 19.1 Å². The summed E-state index contributed by atoms with van der Waals surface area (Å²) in [7, 11) is 0. The maximum Gasteiger partial charge on any atom is 0.194 e. The Bertz CT molecular complexity index is 1070. The average Bonchev–Trinajstić information content (AvgIpc) is 2.79. The zero-order valence-corrected chi connectivity index (χ0v) is 17.4. The third kappa shape index (κ3) is 5.04. The SMILES string of the molecule is CCCCc1ccc(-c2ccc(/C(F)=C(\F)c3cc(F)c(F)c(F)c3)cc2CC)cc1. The van der Waals surface area contributed by atoms with E-state index in [-0.39, 0.29) is 5.56 Å². The van der Waals surface area contributed by atoms with Crippen LogP contribution in [0.4, 0.5) is 22.0 Å². The summed E-state index contributed by atoms with van der Waals surface area (Å²) >= 11 is 0. The number of hydrogen-bond acceptors (Lipinski definition) is 0. The molecule has 0 unspecified atom stereocenters. The molecule has 3 aromatic carbocycles. The maximum absolute atomic E-state index is 14.8. The van der Waals surface area contributed by atoms with Gasteiger partial charge in [0.1, 0.15) is 0 Å². The molecule has 3 rings (SSSR count). The van der Waals surface area contributed by atoms with E-state index < -0.39 is 34.7 Å². The number of unbranched alkanes of at least 4 members (excludes halogenated alkanes) is 1. The van der Waals surface area contributed by atoms with Crippen LogP contribution in [0, 0.1) is 17.5 Å². The van der Waals surface area contributed by atoms with Crippen molar-refractivity contribution in [2.75, 3.05) is 0 Å². The largest absolute Gasteiger partial charge is 0.204 e. The van der Waals surface area contributed by atoms with Gasteiger partial charge in [-0.3, -0.25) is 0 Å². The number of benzene rings is 3. The van der Waals surface area contributed by atoms with Gasteiger partial charge in [0.05, 0.1) is 0 Å². The van der Waals surface area contributed by atoms with Crippen LogP contribution in [-0.2, 0) is 12.8 Å². The standard InChI is InChI=1S/C26H23F5/c1-3-5-6-16-7-9-18(10-8-16)21-12-11-19(13-17(21)4-2)24(29)25(30)20-14-22(27)26(31)23(28)15-20/h7-15H,3-6H2,1-2H3/b25-24+. The van der Waals surface area contributed by atoms with Gasteiger partial charge in [-0.15, -0.1) is 0 Å². The van der Waals surface area contributed by atoms with E-state index in [1.165, 1.54) is 17.7 Å². The molecular formula is C26H23F5. The summed E-state index contributed by atoms with van der Waals surface area (Å²) in [5.41, 5.74) is 3.17. The molecule has 5 heteroatoms. The highest BCUT2D eigenvalue weighted by molar-refractivity contribution is 5.84. The fraction of sp³-hybridized carbons (Fsp3) is 0.231. The highest BCUT2D eigenvalue weighted by Gasteiger charge is 2.18. The lowest BCUT2D eigenvalue weighted by molar-refractivity contribution is 0.446. The van der Waals surface area contributed by atoms with Crippen molar-refractivity contribution in [1.82, 2.24) is 0 Å². The van der Waals surface area contributed by atoms with Crippen molar-refractivity contribution in [3.05, 3.63) is 94.3 Å². The van der Waals surface area contributed by atoms with Crippen molar-refractivity contribution in [3.8, 4) is 11.1 Å². The van der Waals surface area contributed by atoms with Crippen LogP contribution >= 0.6 is 0 Å². The second kappa shape index (κ2) is 9.90. The Kier molecular flexibility index (Phi) is 7.26. The van der Waals surface area contributed by atoms with E-state index in [4.69, 9.17) is 0 Å². The Labute approximate surface area is 179 Å². The van der Waals surface area contributed by atoms with Crippen molar-refractivity contribution >= 4 is 11.7 Å². The molecule has 0 aliphatic heterocycles. The van der Waals surface area contributed by atoms with Gasteiger partial charge in [-0.1, -0.05) is 56.7 Å². The molecule has 0 amide bonds. The maximum atomic E-state index is 14.8. The molecule has 31 heavy (non-hydrogen) atoms. The van der Waals surface area contributed by atoms with Gasteiger partial charge >= 0.3 is 0 Å². The minimum absolute atomic E-state index is 0.0530. The summed E-state index contributed by atoms with van der Waals surface area (Å²) in [4.78, 5) is 0. The highest BCUT2D eigenvalue weighted by Crippen LogP contribution is 2.33. The van der Waals surface area contributed by atoms with Crippen molar-refractivity contribution < 1.29 is 22.0 Å². The van der Waals surface area contributed by atoms with Gasteiger partial charge in [-0.05, 0) is 59.7 Å². The fourth-order valence-electron chi connectivity index (χ4n) is 3.47. The van der Waals surface area contributed by atoms with Crippen LogP contribution in [0.3, 0.4) is 0 Å². The Morgan fingerprint density at radius 3 is 1.94 bits per heavy atom. The lowest BCUT2D eigenvalue weighted by atomic mass is 9.94. The topological polar surface area (TPSA) is 0 Å². The summed E-state index contributed by atoms with van der Waals surface area (Å²) in [5, 5.41) is 0. The van der Waals surface area contributed by atoms with Crippen LogP contribution in [-0.4, -0.2) is 0 Å². The highest BCUT2D eigenvalue weighted by atomic mass is 19.2. The second-order valence-corrected chi connectivity index (χ2v) is 7.41. The fourth-order valence-corrected chi connectivity index (χ4v) is 3.47. The van der Waals surface area contributed by atoms with Crippen LogP contribution < -0.4 is 0 Å². The van der Waals surface area contributed by atoms with Crippen molar-refractivity contribution in [2.45, 2.75) is 39.5 Å². The van der Waals surface area contributed by atoms with Gasteiger partial charge in [0.2, 0.25) is 0 Å². The van der Waals surface area contributed by atoms with Crippen molar-refractivity contribution in [1.29, 1.82) is 0 Å². The molecular weight excluding hydrogens is 407 g/mol. The quantitative estimate of drug-likeness (QED) is 0.200. The molecule has 0 fully saturated rings. The molecule has 0 N–H and O–H groups in total. The molecule has 0 saturated heterocycles. The van der Waals surface area contributed by atoms with Gasteiger partial charge < -0.3 is 0 Å². The van der Waals surface area contributed by atoms with E-state index >= 15 is 0 Å². The summed E-state index contributed by atoms with van der Waals surface area (Å²) in [6.07, 6.45) is 3.83. The zero-order chi connectivity index (χ0) is 22.5. The van der Waals surface area contributed by atoms with Crippen LogP contribution in [0.2, 0.25) is 0 Å². The Balaban J connectivity index is 1.96. The number of aryl methyl sites for hydroxylation is 2. The predicted molar refractivity (Wildman–Crippen MR) is 115 cm³/mol. The first-order valence-corrected chi connectivity index (χ1v) is 10.3. The van der Waals surface area contributed by atoms with Gasteiger partial charge in [0, 0.05) is 11.1 Å². The first-order valence-electron chi connectivity index (χ1n) is 10.3. The minimum Gasteiger partial charge on any atom is -0.204 e. The minimum atomic E-state index is -1.73. The molecule has 0 bridgehead atoms. The number of rotatable bonds is 7. The first-order chi connectivity index (χ1) is 14.8. The molecule has 0 aliphatic carbocycles. The van der Waals surface area contributed by atoms with Gasteiger partial charge in [-0.2, -0.15) is 0 Å². The van der Waals surface area contributed by atoms with Gasteiger partial charge in [0.25, 0.3) is 0 Å². The molecule has 0 spiro atoms. The van der Waals surface area contributed by atoms with Gasteiger partial charge in [-0.25, -0.2) is 22.0 Å². The number of halogens is 5. The summed E-state index contributed by atoms with van der Waals surface area (Å²) in [6, 6.07) is 13.7. The van der Waals surface area contributed by atoms with E-state index in [0.29, 0.717) is 18.6 Å². The van der Waals surface area contributed by atoms with Crippen molar-refractivity contribution in [3.63, 3.8) is 0 Å². The number of hydrogen-bond donors (Lipinski definition) is 0. The molecule has 0 nitrogen and oxygen atoms in total. The summed E-state index contributed by atoms with van der Waals surface area (Å²) in [6.45, 7) is 4.05. The van der Waals surface area contributed by atoms with Gasteiger partial charge in [0.15, 0.2) is 29.1 Å². The average molecular weight is 430 g/mol. The summed E-state index contributed by atoms with van der Waals surface area (Å²) < 4.78 is 69.2. The Morgan fingerprint density at radius 2 is 1.35 bits per heavy atom. The smallest absolute Gasteiger partial charge is 0.194 e. The molecule has 162 valence electrons. The van der Waals surface area contributed by atoms with Crippen LogP contribution in [0.5, 0.6) is 0 Å². The Hall–Kier alpha value is -2.95. The van der Waals surface area contributed by atoms with E-state index in [0.717, 1.165) is 36.0 Å². The molecule has 0 aliphatic rings. The molecule has 3 aromatic rings. The van der Waals surface area contributed by atoms with E-state index in [2.05, 4.69) is 19.1 Å². The molecule has 0 atom stereocenters. The van der Waals surface area contributed by atoms with Crippen molar-refractivity contribution in [2.24, 2.45) is 0 Å². The monoisotopic (exact) mass is 430 g/mol. The predicted octanol–water partition coefficient (Wildman–Crippen LogP) is 8.44. The third-order valence-electron chi connectivity index (χ3n) is 5.25. The molecule has 0 aromatic heterocycles. The molecule has 0 heterocycles. The second-order valence-electron chi connectivity index (χ2n) is 7.41. The van der Waals surface area contributed by atoms with Crippen LogP contribution in [0.25, 0.3) is 22.8 Å².